The molecule has 5 nitrogen and oxygen atoms in total. The number of hydrogen-bond acceptors (Lipinski definition) is 5. The highest BCUT2D eigenvalue weighted by molar-refractivity contribution is 7.25. The highest BCUT2D eigenvalue weighted by atomic mass is 32.1. The highest BCUT2D eigenvalue weighted by Crippen LogP contribution is 2.45. The van der Waals surface area contributed by atoms with E-state index < -0.39 is 0 Å². The SMILES string of the molecule is c1ccc(-c2nc(-c3cccc4oc5c6ccccc6c(-n6c7ccccc7c7cc8ccccc8cc76)cc5c34)nc(-c3cccc4sc5ccccc5c34)n2)cc1. The van der Waals surface area contributed by atoms with Crippen molar-refractivity contribution in [2.24, 2.45) is 0 Å². The average molecular weight is 771 g/mol. The molecule has 0 bridgehead atoms. The molecule has 0 saturated carbocycles. The van der Waals surface area contributed by atoms with Gasteiger partial charge in [-0.3, -0.25) is 0 Å². The van der Waals surface area contributed by atoms with Crippen LogP contribution in [-0.2, 0) is 0 Å². The Kier molecular flexibility index (Phi) is 6.82. The van der Waals surface area contributed by atoms with Crippen LogP contribution in [0, 0.1) is 0 Å². The highest BCUT2D eigenvalue weighted by Gasteiger charge is 2.23. The van der Waals surface area contributed by atoms with Crippen LogP contribution in [0.5, 0.6) is 0 Å². The molecule has 0 aliphatic rings. The molecule has 0 atom stereocenters. The van der Waals surface area contributed by atoms with Crippen molar-refractivity contribution in [2.75, 3.05) is 0 Å². The van der Waals surface area contributed by atoms with Crippen LogP contribution in [0.1, 0.15) is 0 Å². The van der Waals surface area contributed by atoms with Crippen LogP contribution >= 0.6 is 11.3 Å². The van der Waals surface area contributed by atoms with Crippen LogP contribution in [0.2, 0.25) is 0 Å². The van der Waals surface area contributed by atoms with Crippen LogP contribution in [0.25, 0.3) is 125 Å². The molecule has 0 saturated heterocycles. The van der Waals surface area contributed by atoms with Gasteiger partial charge in [0.15, 0.2) is 17.5 Å². The zero-order valence-corrected chi connectivity index (χ0v) is 32.2. The van der Waals surface area contributed by atoms with Gasteiger partial charge in [0.25, 0.3) is 0 Å². The van der Waals surface area contributed by atoms with Crippen molar-refractivity contribution in [3.63, 3.8) is 0 Å². The van der Waals surface area contributed by atoms with Crippen molar-refractivity contribution in [1.82, 2.24) is 19.5 Å². The maximum absolute atomic E-state index is 6.88. The summed E-state index contributed by atoms with van der Waals surface area (Å²) in [5.74, 6) is 1.85. The van der Waals surface area contributed by atoms with Crippen LogP contribution in [-0.4, -0.2) is 19.5 Å². The number of furan rings is 1. The number of nitrogens with zero attached hydrogens (tertiary/aromatic N) is 4. The molecular formula is C53H30N4OS. The van der Waals surface area contributed by atoms with Gasteiger partial charge in [0.05, 0.1) is 16.7 Å². The Morgan fingerprint density at radius 1 is 0.407 bits per heavy atom. The summed E-state index contributed by atoms with van der Waals surface area (Å²) in [4.78, 5) is 15.8. The predicted molar refractivity (Wildman–Crippen MR) is 246 cm³/mol. The summed E-state index contributed by atoms with van der Waals surface area (Å²) < 4.78 is 11.7. The first-order chi connectivity index (χ1) is 29.2. The summed E-state index contributed by atoms with van der Waals surface area (Å²) in [7, 11) is 0. The van der Waals surface area contributed by atoms with Gasteiger partial charge in [-0.1, -0.05) is 140 Å². The van der Waals surface area contributed by atoms with E-state index >= 15 is 0 Å². The Balaban J connectivity index is 1.12. The fourth-order valence-electron chi connectivity index (χ4n) is 9.21. The van der Waals surface area contributed by atoms with E-state index in [1.165, 1.54) is 36.3 Å². The number of benzene rings is 9. The Bertz CT molecular complexity index is 3860. The quantitative estimate of drug-likeness (QED) is 0.179. The lowest BCUT2D eigenvalue weighted by Gasteiger charge is -2.13. The first-order valence-corrected chi connectivity index (χ1v) is 20.6. The Morgan fingerprint density at radius 2 is 1.03 bits per heavy atom. The van der Waals surface area contributed by atoms with Crippen molar-refractivity contribution >= 4 is 96.8 Å². The number of hydrogen-bond donors (Lipinski definition) is 0. The maximum Gasteiger partial charge on any atom is 0.164 e. The third-order valence-electron chi connectivity index (χ3n) is 11.8. The van der Waals surface area contributed by atoms with E-state index in [0.29, 0.717) is 17.5 Å². The normalized spacial score (nSPS) is 12.1. The van der Waals surface area contributed by atoms with E-state index in [9.17, 15) is 0 Å². The van der Waals surface area contributed by atoms with Crippen LogP contribution in [0.3, 0.4) is 0 Å². The van der Waals surface area contributed by atoms with Crippen molar-refractivity contribution in [3.8, 4) is 39.9 Å². The minimum Gasteiger partial charge on any atom is -0.455 e. The molecule has 13 aromatic rings. The van der Waals surface area contributed by atoms with Crippen LogP contribution < -0.4 is 0 Å². The second-order valence-electron chi connectivity index (χ2n) is 15.1. The zero-order chi connectivity index (χ0) is 38.6. The fourth-order valence-corrected chi connectivity index (χ4v) is 10.3. The van der Waals surface area contributed by atoms with Gasteiger partial charge in [-0.25, -0.2) is 15.0 Å². The molecule has 0 spiro atoms. The van der Waals surface area contributed by atoms with E-state index in [-0.39, 0.29) is 0 Å². The molecule has 0 N–H and O–H groups in total. The van der Waals surface area contributed by atoms with Crippen LogP contribution in [0.4, 0.5) is 0 Å². The topological polar surface area (TPSA) is 56.7 Å². The average Bonchev–Trinajstić information content (AvgIpc) is 3.98. The second-order valence-corrected chi connectivity index (χ2v) is 16.2. The van der Waals surface area contributed by atoms with Crippen LogP contribution in [0.15, 0.2) is 186 Å². The van der Waals surface area contributed by atoms with Crippen molar-refractivity contribution in [1.29, 1.82) is 0 Å². The number of rotatable bonds is 4. The lowest BCUT2D eigenvalue weighted by atomic mass is 10.0. The smallest absolute Gasteiger partial charge is 0.164 e. The molecule has 274 valence electrons. The van der Waals surface area contributed by atoms with Gasteiger partial charge < -0.3 is 8.98 Å². The van der Waals surface area contributed by atoms with E-state index in [1.807, 2.05) is 24.3 Å². The molecular weight excluding hydrogens is 741 g/mol. The first-order valence-electron chi connectivity index (χ1n) is 19.8. The largest absolute Gasteiger partial charge is 0.455 e. The van der Waals surface area contributed by atoms with Gasteiger partial charge in [-0.2, -0.15) is 0 Å². The Morgan fingerprint density at radius 3 is 1.86 bits per heavy atom. The predicted octanol–water partition coefficient (Wildman–Crippen LogP) is 14.5. The standard InChI is InChI=1S/C53H30N4OS/c1-2-14-31(15-3-1)51-54-52(56-53(55-51)39-23-13-27-47-49(39)37-21-9-11-26-46(37)59-47)38-22-12-25-45-48(38)41-30-44(34-18-6-7-20-36(34)50(41)58-45)57-42-24-10-8-19-35(42)40-28-32-16-4-5-17-33(32)29-43(40)57/h1-30H. The maximum atomic E-state index is 6.88. The molecule has 0 aliphatic carbocycles. The van der Waals surface area contributed by atoms with Gasteiger partial charge in [-0.15, -0.1) is 11.3 Å². The van der Waals surface area contributed by atoms with E-state index in [2.05, 4.69) is 162 Å². The third kappa shape index (κ3) is 4.81. The molecule has 4 heterocycles. The van der Waals surface area contributed by atoms with Gasteiger partial charge in [0.2, 0.25) is 0 Å². The molecule has 9 aromatic carbocycles. The summed E-state index contributed by atoms with van der Waals surface area (Å²) >= 11 is 1.79. The molecule has 6 heteroatoms. The Labute approximate surface area is 341 Å². The third-order valence-corrected chi connectivity index (χ3v) is 12.9. The van der Waals surface area contributed by atoms with E-state index in [1.54, 1.807) is 11.3 Å². The van der Waals surface area contributed by atoms with E-state index in [4.69, 9.17) is 19.4 Å². The molecule has 59 heavy (non-hydrogen) atoms. The molecule has 0 fully saturated rings. The summed E-state index contributed by atoms with van der Waals surface area (Å²) in [5, 5.41) is 11.4. The number of aromatic nitrogens is 4. The second kappa shape index (κ2) is 12.4. The monoisotopic (exact) mass is 770 g/mol. The lowest BCUT2D eigenvalue weighted by molar-refractivity contribution is 0.672. The van der Waals surface area contributed by atoms with Gasteiger partial charge in [-0.05, 0) is 53.2 Å². The molecule has 4 aromatic heterocycles. The van der Waals surface area contributed by atoms with Crippen molar-refractivity contribution in [3.05, 3.63) is 182 Å². The minimum atomic E-state index is 0.594. The zero-order valence-electron chi connectivity index (χ0n) is 31.4. The number of thiophene rings is 1. The van der Waals surface area contributed by atoms with Gasteiger partial charge >= 0.3 is 0 Å². The van der Waals surface area contributed by atoms with Gasteiger partial charge in [0.1, 0.15) is 11.2 Å². The summed E-state index contributed by atoms with van der Waals surface area (Å²) in [6.45, 7) is 0. The first kappa shape index (κ1) is 32.4. The summed E-state index contributed by atoms with van der Waals surface area (Å²) in [6, 6.07) is 64.3. The number of fused-ring (bicyclic) bond motifs is 12. The molecule has 0 aliphatic heterocycles. The summed E-state index contributed by atoms with van der Waals surface area (Å²) in [6.07, 6.45) is 0. The van der Waals surface area contributed by atoms with Crippen molar-refractivity contribution in [2.45, 2.75) is 0 Å². The van der Waals surface area contributed by atoms with E-state index in [0.717, 1.165) is 71.5 Å². The number of para-hydroxylation sites is 1. The molecule has 13 rings (SSSR count). The molecule has 0 radical (unpaired) electrons. The van der Waals surface area contributed by atoms with Crippen molar-refractivity contribution < 1.29 is 4.42 Å². The fraction of sp³-hybridized carbons (Fsp3) is 0. The lowest BCUT2D eigenvalue weighted by Crippen LogP contribution is -2.00. The molecule has 0 unspecified atom stereocenters. The molecule has 0 amide bonds. The van der Waals surface area contributed by atoms with Gasteiger partial charge in [0, 0.05) is 69.2 Å². The Hall–Kier alpha value is -7.67. The summed E-state index contributed by atoms with van der Waals surface area (Å²) in [5.41, 5.74) is 7.82. The minimum absolute atomic E-state index is 0.594.